The minimum Gasteiger partial charge on any atom is -0.316 e. The number of nitro groups is 1. The van der Waals surface area contributed by atoms with Crippen LogP contribution in [0.3, 0.4) is 0 Å². The first-order valence-electron chi connectivity index (χ1n) is 10.7. The maximum Gasteiger partial charge on any atom is 0.270 e. The first-order chi connectivity index (χ1) is 16.3. The van der Waals surface area contributed by atoms with Crippen LogP contribution in [0.15, 0.2) is 58.4 Å². The molecule has 0 aliphatic carbocycles. The van der Waals surface area contributed by atoms with Crippen LogP contribution in [0, 0.1) is 16.0 Å². The van der Waals surface area contributed by atoms with Crippen molar-refractivity contribution >= 4 is 54.9 Å². The number of fused-ring (bicyclic) bond motifs is 1. The highest BCUT2D eigenvalue weighted by Gasteiger charge is 2.33. The van der Waals surface area contributed by atoms with E-state index in [9.17, 15) is 23.3 Å². The van der Waals surface area contributed by atoms with Gasteiger partial charge in [-0.3, -0.25) is 14.9 Å². The maximum atomic E-state index is 13.1. The van der Waals surface area contributed by atoms with Gasteiger partial charge in [0, 0.05) is 37.5 Å². The molecule has 2 heterocycles. The summed E-state index contributed by atoms with van der Waals surface area (Å²) in [5.41, 5.74) is 0.769. The summed E-state index contributed by atoms with van der Waals surface area (Å²) in [5.74, 6) is -0.121. The molecule has 9 nitrogen and oxygen atoms in total. The van der Waals surface area contributed by atoms with Gasteiger partial charge in [-0.25, -0.2) is 8.42 Å². The number of piperidine rings is 1. The van der Waals surface area contributed by atoms with Gasteiger partial charge in [0.2, 0.25) is 10.0 Å². The molecular weight excluding hydrogens is 496 g/mol. The Morgan fingerprint density at radius 3 is 2.74 bits per heavy atom. The predicted molar refractivity (Wildman–Crippen MR) is 133 cm³/mol. The van der Waals surface area contributed by atoms with Crippen molar-refractivity contribution in [2.24, 2.45) is 10.9 Å². The second kappa shape index (κ2) is 10.4. The Balaban J connectivity index is 1.65. The van der Waals surface area contributed by atoms with Crippen molar-refractivity contribution in [2.45, 2.75) is 24.3 Å². The van der Waals surface area contributed by atoms with E-state index in [0.29, 0.717) is 35.4 Å². The average molecular weight is 521 g/mol. The third-order valence-electron chi connectivity index (χ3n) is 5.72. The molecular formula is C22H24N4O5S3. The van der Waals surface area contributed by atoms with Crippen LogP contribution in [0.5, 0.6) is 0 Å². The number of thioether (sulfide) groups is 1. The lowest BCUT2D eigenvalue weighted by molar-refractivity contribution is -0.384. The number of sulfonamides is 1. The van der Waals surface area contributed by atoms with E-state index in [-0.39, 0.29) is 23.0 Å². The van der Waals surface area contributed by atoms with Crippen molar-refractivity contribution in [3.05, 3.63) is 63.4 Å². The van der Waals surface area contributed by atoms with Gasteiger partial charge in [0.25, 0.3) is 11.6 Å². The van der Waals surface area contributed by atoms with Gasteiger partial charge in [-0.1, -0.05) is 29.5 Å². The summed E-state index contributed by atoms with van der Waals surface area (Å²) in [6.07, 6.45) is 3.11. The molecule has 12 heteroatoms. The van der Waals surface area contributed by atoms with Crippen LogP contribution in [0.25, 0.3) is 10.2 Å². The summed E-state index contributed by atoms with van der Waals surface area (Å²) in [4.78, 5) is 28.9. The largest absolute Gasteiger partial charge is 0.316 e. The van der Waals surface area contributed by atoms with Crippen LogP contribution in [0.4, 0.5) is 5.69 Å². The van der Waals surface area contributed by atoms with Gasteiger partial charge in [0.05, 0.1) is 26.0 Å². The molecule has 0 spiro atoms. The number of aromatic nitrogens is 1. The smallest absolute Gasteiger partial charge is 0.270 e. The molecule has 4 rings (SSSR count). The third-order valence-corrected chi connectivity index (χ3v) is 9.23. The van der Waals surface area contributed by atoms with Crippen molar-refractivity contribution < 1.29 is 18.1 Å². The summed E-state index contributed by atoms with van der Waals surface area (Å²) in [5, 5.41) is 11.2. The van der Waals surface area contributed by atoms with Gasteiger partial charge in [-0.05, 0) is 37.3 Å². The zero-order valence-corrected chi connectivity index (χ0v) is 20.9. The van der Waals surface area contributed by atoms with Crippen LogP contribution >= 0.6 is 23.1 Å². The Morgan fingerprint density at radius 1 is 1.26 bits per heavy atom. The van der Waals surface area contributed by atoms with Gasteiger partial charge < -0.3 is 4.57 Å². The summed E-state index contributed by atoms with van der Waals surface area (Å²) in [7, 11) is -3.68. The second-order valence-corrected chi connectivity index (χ2v) is 11.8. The van der Waals surface area contributed by atoms with Crippen molar-refractivity contribution in [3.63, 3.8) is 0 Å². The number of benzene rings is 2. The number of non-ortho nitro benzene ring substituents is 1. The van der Waals surface area contributed by atoms with E-state index in [2.05, 4.69) is 4.99 Å². The fourth-order valence-corrected chi connectivity index (χ4v) is 6.95. The zero-order valence-electron chi connectivity index (χ0n) is 18.5. The lowest BCUT2D eigenvalue weighted by atomic mass is 9.99. The minimum absolute atomic E-state index is 0.0160. The van der Waals surface area contributed by atoms with Crippen LogP contribution in [0.1, 0.15) is 12.8 Å². The zero-order chi connectivity index (χ0) is 24.3. The van der Waals surface area contributed by atoms with Gasteiger partial charge >= 0.3 is 0 Å². The number of nitro benzene ring substituents is 1. The SMILES string of the molecule is CSCCn1c(=NC(=O)C2CCCN(S(=O)(=O)c3ccccc3)C2)sc2cc([N+](=O)[O-])ccc21. The Hall–Kier alpha value is -2.54. The Kier molecular flexibility index (Phi) is 7.51. The molecule has 2 aromatic carbocycles. The molecule has 1 aromatic heterocycles. The molecule has 1 aliphatic rings. The highest BCUT2D eigenvalue weighted by Crippen LogP contribution is 2.26. The van der Waals surface area contributed by atoms with Gasteiger partial charge in [0.15, 0.2) is 4.80 Å². The summed E-state index contributed by atoms with van der Waals surface area (Å²) in [6, 6.07) is 12.8. The van der Waals surface area contributed by atoms with E-state index < -0.39 is 20.9 Å². The highest BCUT2D eigenvalue weighted by molar-refractivity contribution is 7.98. The summed E-state index contributed by atoms with van der Waals surface area (Å²) < 4.78 is 30.0. The first kappa shape index (κ1) is 24.6. The monoisotopic (exact) mass is 520 g/mol. The Bertz CT molecular complexity index is 1380. The van der Waals surface area contributed by atoms with Crippen molar-refractivity contribution in [3.8, 4) is 0 Å². The number of nitrogens with zero attached hydrogens (tertiary/aromatic N) is 4. The van der Waals surface area contributed by atoms with Gasteiger partial charge in [-0.2, -0.15) is 21.1 Å². The predicted octanol–water partition coefficient (Wildman–Crippen LogP) is 3.50. The Labute approximate surface area is 205 Å². The normalized spacial score (nSPS) is 17.8. The van der Waals surface area contributed by atoms with E-state index in [4.69, 9.17) is 0 Å². The summed E-state index contributed by atoms with van der Waals surface area (Å²) in [6.45, 7) is 1.05. The molecule has 0 N–H and O–H groups in total. The van der Waals surface area contributed by atoms with Crippen molar-refractivity contribution in [1.29, 1.82) is 0 Å². The van der Waals surface area contributed by atoms with E-state index in [1.54, 1.807) is 48.2 Å². The first-order valence-corrected chi connectivity index (χ1v) is 14.4. The van der Waals surface area contributed by atoms with Crippen LogP contribution < -0.4 is 4.80 Å². The topological polar surface area (TPSA) is 115 Å². The van der Waals surface area contributed by atoms with E-state index in [1.807, 2.05) is 10.8 Å². The van der Waals surface area contributed by atoms with Crippen LogP contribution in [0.2, 0.25) is 0 Å². The third kappa shape index (κ3) is 5.09. The van der Waals surface area contributed by atoms with E-state index in [1.165, 1.54) is 27.8 Å². The number of rotatable bonds is 7. The molecule has 1 amide bonds. The molecule has 0 bridgehead atoms. The molecule has 1 unspecified atom stereocenters. The number of amides is 1. The van der Waals surface area contributed by atoms with Crippen LogP contribution in [-0.4, -0.2) is 53.2 Å². The number of aryl methyl sites for hydroxylation is 1. The maximum absolute atomic E-state index is 13.1. The van der Waals surface area contributed by atoms with Crippen LogP contribution in [-0.2, 0) is 21.4 Å². The molecule has 0 radical (unpaired) electrons. The molecule has 3 aromatic rings. The molecule has 1 aliphatic heterocycles. The number of hydrogen-bond donors (Lipinski definition) is 0. The molecule has 0 saturated carbocycles. The van der Waals surface area contributed by atoms with E-state index in [0.717, 1.165) is 11.3 Å². The van der Waals surface area contributed by atoms with Gasteiger partial charge in [-0.15, -0.1) is 0 Å². The quantitative estimate of drug-likeness (QED) is 0.348. The number of thiazole rings is 1. The standard InChI is InChI=1S/C22H24N4O5S3/c1-32-13-12-25-19-10-9-17(26(28)29)14-20(19)33-22(25)23-21(27)16-6-5-11-24(15-16)34(30,31)18-7-3-2-4-8-18/h2-4,7-10,14,16H,5-6,11-13,15H2,1H3. The fraction of sp³-hybridized carbons (Fsp3) is 0.364. The molecule has 1 atom stereocenters. The molecule has 1 fully saturated rings. The summed E-state index contributed by atoms with van der Waals surface area (Å²) >= 11 is 2.88. The molecule has 34 heavy (non-hydrogen) atoms. The molecule has 1 saturated heterocycles. The van der Waals surface area contributed by atoms with Crippen molar-refractivity contribution in [1.82, 2.24) is 8.87 Å². The molecule has 180 valence electrons. The number of carbonyl (C=O) groups excluding carboxylic acids is 1. The number of carbonyl (C=O) groups is 1. The number of hydrogen-bond acceptors (Lipinski definition) is 7. The highest BCUT2D eigenvalue weighted by atomic mass is 32.2. The van der Waals surface area contributed by atoms with Gasteiger partial charge in [0.1, 0.15) is 0 Å². The van der Waals surface area contributed by atoms with E-state index >= 15 is 0 Å². The van der Waals surface area contributed by atoms with Crippen molar-refractivity contribution in [2.75, 3.05) is 25.1 Å². The average Bonchev–Trinajstić information content (AvgIpc) is 3.19. The lowest BCUT2D eigenvalue weighted by Gasteiger charge is -2.30. The minimum atomic E-state index is -3.68. The Morgan fingerprint density at radius 2 is 2.03 bits per heavy atom. The lowest BCUT2D eigenvalue weighted by Crippen LogP contribution is -2.42. The second-order valence-electron chi connectivity index (χ2n) is 7.90. The fourth-order valence-electron chi connectivity index (χ4n) is 3.95.